The minimum Gasteiger partial charge on any atom is -0.295 e. The van der Waals surface area contributed by atoms with E-state index in [-0.39, 0.29) is 5.78 Å². The number of hydrogen-bond donors (Lipinski definition) is 0. The first kappa shape index (κ1) is 21.9. The number of carbonyl (C=O) groups excluding carboxylic acids is 1. The summed E-state index contributed by atoms with van der Waals surface area (Å²) in [6.45, 7) is 14.7. The summed E-state index contributed by atoms with van der Waals surface area (Å²) in [5, 5.41) is 0. The lowest BCUT2D eigenvalue weighted by Crippen LogP contribution is -2.01. The third-order valence-corrected chi connectivity index (χ3v) is 4.22. The average Bonchev–Trinajstić information content (AvgIpc) is 2.46. The van der Waals surface area contributed by atoms with E-state index in [0.29, 0.717) is 0 Å². The molecule has 0 amide bonds. The first-order valence-electron chi connectivity index (χ1n) is 9.39. The highest BCUT2D eigenvalue weighted by molar-refractivity contribution is 5.94. The summed E-state index contributed by atoms with van der Waals surface area (Å²) in [7, 11) is 0. The van der Waals surface area contributed by atoms with Gasteiger partial charge in [-0.25, -0.2) is 0 Å². The van der Waals surface area contributed by atoms with Crippen LogP contribution in [0, 0.1) is 5.92 Å². The van der Waals surface area contributed by atoms with Crippen LogP contribution in [0.1, 0.15) is 92.4 Å². The van der Waals surface area contributed by atoms with Crippen molar-refractivity contribution in [2.75, 3.05) is 0 Å². The van der Waals surface area contributed by atoms with Gasteiger partial charge in [-0.2, -0.15) is 0 Å². The third kappa shape index (κ3) is 12.0. The molecular weight excluding hydrogens is 280 g/mol. The number of Topliss-reactive ketones (excluding diaryl/α,β-unsaturated/α-hetero) is 1. The molecular formula is C22H38O. The second-order valence-corrected chi connectivity index (χ2v) is 7.18. The van der Waals surface area contributed by atoms with Crippen LogP contribution in [0.15, 0.2) is 35.5 Å². The lowest BCUT2D eigenvalue weighted by atomic mass is 9.94. The summed E-state index contributed by atoms with van der Waals surface area (Å²) in [4.78, 5) is 11.9. The Kier molecular flexibility index (Phi) is 12.7. The molecule has 0 aromatic heterocycles. The minimum atomic E-state index is 0.221. The number of hydrogen-bond acceptors (Lipinski definition) is 1. The number of unbranched alkanes of at least 4 members (excludes halogenated alkanes) is 2. The van der Waals surface area contributed by atoms with Gasteiger partial charge in [-0.3, -0.25) is 4.79 Å². The van der Waals surface area contributed by atoms with E-state index in [1.54, 1.807) is 6.92 Å². The van der Waals surface area contributed by atoms with Crippen LogP contribution >= 0.6 is 0 Å². The highest BCUT2D eigenvalue weighted by Crippen LogP contribution is 2.21. The normalized spacial score (nSPS) is 12.8. The Labute approximate surface area is 144 Å². The van der Waals surface area contributed by atoms with Crippen LogP contribution in [0.2, 0.25) is 0 Å². The van der Waals surface area contributed by atoms with Crippen molar-refractivity contribution in [1.29, 1.82) is 0 Å². The Balaban J connectivity index is 4.33. The van der Waals surface area contributed by atoms with Crippen LogP contribution in [-0.4, -0.2) is 5.78 Å². The molecule has 0 aromatic rings. The van der Waals surface area contributed by atoms with Crippen molar-refractivity contribution in [3.05, 3.63) is 35.5 Å². The van der Waals surface area contributed by atoms with Crippen LogP contribution in [-0.2, 0) is 4.79 Å². The molecule has 1 nitrogen and oxygen atoms in total. The van der Waals surface area contributed by atoms with Crippen LogP contribution in [0.4, 0.5) is 0 Å². The Bertz CT molecular complexity index is 410. The molecule has 0 fully saturated rings. The Hall–Kier alpha value is -1.11. The zero-order chi connectivity index (χ0) is 17.7. The van der Waals surface area contributed by atoms with Crippen molar-refractivity contribution in [2.24, 2.45) is 5.92 Å². The van der Waals surface area contributed by atoms with Crippen molar-refractivity contribution >= 4 is 5.78 Å². The molecule has 1 heteroatoms. The van der Waals surface area contributed by atoms with Gasteiger partial charge in [0.25, 0.3) is 0 Å². The highest BCUT2D eigenvalue weighted by Gasteiger charge is 2.08. The number of allylic oxidation sites excluding steroid dienone is 5. The maximum atomic E-state index is 11.9. The Morgan fingerprint density at radius 3 is 2.26 bits per heavy atom. The van der Waals surface area contributed by atoms with Gasteiger partial charge in [0.1, 0.15) is 0 Å². The highest BCUT2D eigenvalue weighted by atomic mass is 16.1. The smallest absolute Gasteiger partial charge is 0.155 e. The van der Waals surface area contributed by atoms with E-state index in [9.17, 15) is 4.79 Å². The summed E-state index contributed by atoms with van der Waals surface area (Å²) in [5.41, 5.74) is 3.48. The number of rotatable bonds is 13. The van der Waals surface area contributed by atoms with Crippen LogP contribution < -0.4 is 0 Å². The van der Waals surface area contributed by atoms with E-state index >= 15 is 0 Å². The van der Waals surface area contributed by atoms with E-state index < -0.39 is 0 Å². The predicted molar refractivity (Wildman–Crippen MR) is 104 cm³/mol. The maximum Gasteiger partial charge on any atom is 0.155 e. The van der Waals surface area contributed by atoms with Crippen LogP contribution in [0.25, 0.3) is 0 Å². The second kappa shape index (κ2) is 13.3. The van der Waals surface area contributed by atoms with Crippen molar-refractivity contribution in [3.63, 3.8) is 0 Å². The largest absolute Gasteiger partial charge is 0.295 e. The van der Waals surface area contributed by atoms with E-state index in [1.807, 2.05) is 0 Å². The van der Waals surface area contributed by atoms with Gasteiger partial charge in [0.15, 0.2) is 5.78 Å². The fraction of sp³-hybridized carbons (Fsp3) is 0.682. The minimum absolute atomic E-state index is 0.221. The van der Waals surface area contributed by atoms with Crippen molar-refractivity contribution < 1.29 is 4.79 Å². The van der Waals surface area contributed by atoms with Crippen LogP contribution in [0.5, 0.6) is 0 Å². The van der Waals surface area contributed by atoms with Crippen molar-refractivity contribution in [1.82, 2.24) is 0 Å². The first-order chi connectivity index (χ1) is 10.9. The molecule has 0 heterocycles. The summed E-state index contributed by atoms with van der Waals surface area (Å²) in [6.07, 6.45) is 14.4. The SMILES string of the molecule is C=C(CCCC)C/C(C)=C(/CCC=CCCCC(C)C)C(C)=O. The molecule has 0 unspecified atom stereocenters. The maximum absolute atomic E-state index is 11.9. The molecule has 132 valence electrons. The molecule has 0 rings (SSSR count). The molecule has 0 aromatic carbocycles. The lowest BCUT2D eigenvalue weighted by Gasteiger charge is -2.11. The molecule has 0 aliphatic heterocycles. The van der Waals surface area contributed by atoms with E-state index in [1.165, 1.54) is 36.8 Å². The fourth-order valence-corrected chi connectivity index (χ4v) is 2.79. The van der Waals surface area contributed by atoms with Gasteiger partial charge < -0.3 is 0 Å². The van der Waals surface area contributed by atoms with Crippen LogP contribution in [0.3, 0.4) is 0 Å². The third-order valence-electron chi connectivity index (χ3n) is 4.22. The molecule has 0 spiro atoms. The number of ketones is 1. The van der Waals surface area contributed by atoms with Gasteiger partial charge in [-0.1, -0.05) is 63.5 Å². The van der Waals surface area contributed by atoms with E-state index in [0.717, 1.165) is 43.6 Å². The molecule has 0 bridgehead atoms. The van der Waals surface area contributed by atoms with Crippen molar-refractivity contribution in [2.45, 2.75) is 92.4 Å². The monoisotopic (exact) mass is 318 g/mol. The molecule has 0 saturated heterocycles. The molecule has 0 radical (unpaired) electrons. The molecule has 0 N–H and O–H groups in total. The Morgan fingerprint density at radius 2 is 1.70 bits per heavy atom. The second-order valence-electron chi connectivity index (χ2n) is 7.18. The summed E-state index contributed by atoms with van der Waals surface area (Å²) in [6, 6.07) is 0. The first-order valence-corrected chi connectivity index (χ1v) is 9.39. The standard InChI is InChI=1S/C22H38O/c1-7-8-15-19(4)17-20(5)22(21(6)23)16-13-11-9-10-12-14-18(2)3/h9,11,18H,4,7-8,10,12-17H2,1-3,5-6H3/b11-9?,22-20-. The average molecular weight is 319 g/mol. The predicted octanol–water partition coefficient (Wildman–Crippen LogP) is 7.19. The molecule has 0 atom stereocenters. The van der Waals surface area contributed by atoms with Gasteiger partial charge >= 0.3 is 0 Å². The van der Waals surface area contributed by atoms with Gasteiger partial charge in [-0.05, 0) is 70.3 Å². The van der Waals surface area contributed by atoms with E-state index in [4.69, 9.17) is 0 Å². The van der Waals surface area contributed by atoms with E-state index in [2.05, 4.69) is 46.4 Å². The number of carbonyl (C=O) groups is 1. The summed E-state index contributed by atoms with van der Waals surface area (Å²) < 4.78 is 0. The van der Waals surface area contributed by atoms with Crippen molar-refractivity contribution in [3.8, 4) is 0 Å². The Morgan fingerprint density at radius 1 is 1.04 bits per heavy atom. The van der Waals surface area contributed by atoms with Gasteiger partial charge in [0.05, 0.1) is 0 Å². The summed E-state index contributed by atoms with van der Waals surface area (Å²) >= 11 is 0. The lowest BCUT2D eigenvalue weighted by molar-refractivity contribution is -0.113. The zero-order valence-corrected chi connectivity index (χ0v) is 16.2. The van der Waals surface area contributed by atoms with Gasteiger partial charge in [-0.15, -0.1) is 0 Å². The van der Waals surface area contributed by atoms with Gasteiger partial charge in [0.2, 0.25) is 0 Å². The topological polar surface area (TPSA) is 17.1 Å². The van der Waals surface area contributed by atoms with Gasteiger partial charge in [0, 0.05) is 0 Å². The molecule has 0 aliphatic rings. The summed E-state index contributed by atoms with van der Waals surface area (Å²) in [5.74, 6) is 1.01. The molecule has 0 saturated carbocycles. The molecule has 23 heavy (non-hydrogen) atoms. The fourth-order valence-electron chi connectivity index (χ4n) is 2.79. The zero-order valence-electron chi connectivity index (χ0n) is 16.2. The quantitative estimate of drug-likeness (QED) is 0.199. The molecule has 0 aliphatic carbocycles.